The van der Waals surface area contributed by atoms with Gasteiger partial charge in [0.2, 0.25) is 0 Å². The minimum Gasteiger partial charge on any atom is -0.461 e. The molecule has 0 bridgehead atoms. The molecule has 0 radical (unpaired) electrons. The molecule has 4 nitrogen and oxygen atoms in total. The Bertz CT molecular complexity index is 433. The Labute approximate surface area is 88.5 Å². The minimum atomic E-state index is -0.541. The van der Waals surface area contributed by atoms with Gasteiger partial charge in [-0.2, -0.15) is 5.26 Å². The van der Waals surface area contributed by atoms with Crippen LogP contribution in [0.4, 0.5) is 0 Å². The predicted molar refractivity (Wildman–Crippen MR) is 54.4 cm³/mol. The highest BCUT2D eigenvalue weighted by Gasteiger charge is 2.16. The molecule has 15 heavy (non-hydrogen) atoms. The number of ether oxygens (including phenoxy) is 1. The standard InChI is InChI=1S/C11H12N2O2/c1-4-15-11(14)10-9(6-12)7(2)5-8(3)13-10/h5H,4H2,1-3H3. The zero-order valence-corrected chi connectivity index (χ0v) is 9.00. The first-order valence-corrected chi connectivity index (χ1v) is 4.65. The van der Waals surface area contributed by atoms with E-state index in [4.69, 9.17) is 10.00 Å². The van der Waals surface area contributed by atoms with Gasteiger partial charge in [-0.05, 0) is 32.4 Å². The molecule has 0 aromatic carbocycles. The first kappa shape index (κ1) is 11.2. The molecule has 0 aliphatic rings. The van der Waals surface area contributed by atoms with Crippen LogP contribution in [-0.2, 0) is 4.74 Å². The van der Waals surface area contributed by atoms with Crippen LogP contribution < -0.4 is 0 Å². The molecule has 1 rings (SSSR count). The first-order chi connectivity index (χ1) is 7.10. The number of pyridine rings is 1. The summed E-state index contributed by atoms with van der Waals surface area (Å²) in [6.07, 6.45) is 0. The molecule has 1 heterocycles. The maximum atomic E-state index is 11.5. The summed E-state index contributed by atoms with van der Waals surface area (Å²) in [5, 5.41) is 8.91. The van der Waals surface area contributed by atoms with E-state index in [1.54, 1.807) is 26.8 Å². The van der Waals surface area contributed by atoms with Crippen LogP contribution in [0.1, 0.15) is 34.2 Å². The van der Waals surface area contributed by atoms with E-state index in [9.17, 15) is 4.79 Å². The highest BCUT2D eigenvalue weighted by molar-refractivity contribution is 5.90. The third-order valence-electron chi connectivity index (χ3n) is 1.93. The van der Waals surface area contributed by atoms with Gasteiger partial charge in [0, 0.05) is 5.69 Å². The average Bonchev–Trinajstić information content (AvgIpc) is 2.17. The fourth-order valence-corrected chi connectivity index (χ4v) is 1.33. The van der Waals surface area contributed by atoms with E-state index < -0.39 is 5.97 Å². The van der Waals surface area contributed by atoms with Gasteiger partial charge >= 0.3 is 5.97 Å². The third kappa shape index (κ3) is 2.32. The second-order valence-corrected chi connectivity index (χ2v) is 3.14. The molecule has 1 aromatic heterocycles. The molecule has 0 unspecified atom stereocenters. The van der Waals surface area contributed by atoms with Crippen LogP contribution in [0.15, 0.2) is 6.07 Å². The summed E-state index contributed by atoms with van der Waals surface area (Å²) in [6, 6.07) is 3.73. The van der Waals surface area contributed by atoms with Crippen LogP contribution in [0.2, 0.25) is 0 Å². The van der Waals surface area contributed by atoms with Gasteiger partial charge in [-0.15, -0.1) is 0 Å². The maximum Gasteiger partial charge on any atom is 0.358 e. The van der Waals surface area contributed by atoms with Crippen molar-refractivity contribution in [1.29, 1.82) is 5.26 Å². The summed E-state index contributed by atoms with van der Waals surface area (Å²) >= 11 is 0. The van der Waals surface area contributed by atoms with Crippen LogP contribution in [0, 0.1) is 25.2 Å². The van der Waals surface area contributed by atoms with Crippen molar-refractivity contribution in [2.45, 2.75) is 20.8 Å². The highest BCUT2D eigenvalue weighted by Crippen LogP contribution is 2.13. The van der Waals surface area contributed by atoms with E-state index >= 15 is 0 Å². The number of nitrogens with zero attached hydrogens (tertiary/aromatic N) is 2. The third-order valence-corrected chi connectivity index (χ3v) is 1.93. The molecule has 0 atom stereocenters. The predicted octanol–water partition coefficient (Wildman–Crippen LogP) is 1.75. The molecule has 0 spiro atoms. The molecule has 0 saturated carbocycles. The lowest BCUT2D eigenvalue weighted by molar-refractivity contribution is 0.0518. The fourth-order valence-electron chi connectivity index (χ4n) is 1.33. The lowest BCUT2D eigenvalue weighted by Crippen LogP contribution is -2.11. The molecular formula is C11H12N2O2. The smallest absolute Gasteiger partial charge is 0.358 e. The second-order valence-electron chi connectivity index (χ2n) is 3.14. The molecular weight excluding hydrogens is 192 g/mol. The van der Waals surface area contributed by atoms with Gasteiger partial charge in [-0.25, -0.2) is 9.78 Å². The number of nitriles is 1. The molecule has 0 fully saturated rings. The van der Waals surface area contributed by atoms with Gasteiger partial charge in [0.05, 0.1) is 12.2 Å². The van der Waals surface area contributed by atoms with Gasteiger partial charge in [0.1, 0.15) is 6.07 Å². The Morgan fingerprint density at radius 1 is 1.60 bits per heavy atom. The molecule has 1 aromatic rings. The highest BCUT2D eigenvalue weighted by atomic mass is 16.5. The lowest BCUT2D eigenvalue weighted by atomic mass is 10.1. The van der Waals surface area contributed by atoms with Crippen LogP contribution in [0.25, 0.3) is 0 Å². The fraction of sp³-hybridized carbons (Fsp3) is 0.364. The quantitative estimate of drug-likeness (QED) is 0.688. The maximum absolute atomic E-state index is 11.5. The van der Waals surface area contributed by atoms with Gasteiger partial charge < -0.3 is 4.74 Å². The number of hydrogen-bond acceptors (Lipinski definition) is 4. The Morgan fingerprint density at radius 2 is 2.27 bits per heavy atom. The number of esters is 1. The van der Waals surface area contributed by atoms with Crippen molar-refractivity contribution in [1.82, 2.24) is 4.98 Å². The molecule has 0 aliphatic carbocycles. The van der Waals surface area contributed by atoms with E-state index in [1.807, 2.05) is 6.07 Å². The Morgan fingerprint density at radius 3 is 2.80 bits per heavy atom. The lowest BCUT2D eigenvalue weighted by Gasteiger charge is -2.06. The van der Waals surface area contributed by atoms with E-state index in [1.165, 1.54) is 0 Å². The average molecular weight is 204 g/mol. The molecule has 0 amide bonds. The van der Waals surface area contributed by atoms with E-state index in [0.717, 1.165) is 5.56 Å². The summed E-state index contributed by atoms with van der Waals surface area (Å²) in [4.78, 5) is 15.5. The first-order valence-electron chi connectivity index (χ1n) is 4.65. The Kier molecular flexibility index (Phi) is 3.40. The summed E-state index contributed by atoms with van der Waals surface area (Å²) in [5.41, 5.74) is 1.85. The van der Waals surface area contributed by atoms with Crippen molar-refractivity contribution in [3.05, 3.63) is 28.6 Å². The van der Waals surface area contributed by atoms with Crippen molar-refractivity contribution < 1.29 is 9.53 Å². The zero-order chi connectivity index (χ0) is 11.4. The molecule has 78 valence electrons. The monoisotopic (exact) mass is 204 g/mol. The number of aromatic nitrogens is 1. The van der Waals surface area contributed by atoms with Gasteiger partial charge in [0.25, 0.3) is 0 Å². The SMILES string of the molecule is CCOC(=O)c1nc(C)cc(C)c1C#N. The van der Waals surface area contributed by atoms with Crippen molar-refractivity contribution in [2.75, 3.05) is 6.61 Å². The number of aryl methyl sites for hydroxylation is 2. The summed E-state index contributed by atoms with van der Waals surface area (Å²) in [5.74, 6) is -0.541. The van der Waals surface area contributed by atoms with Crippen LogP contribution in [0.5, 0.6) is 0 Å². The Balaban J connectivity index is 3.28. The van der Waals surface area contributed by atoms with Crippen molar-refractivity contribution in [2.24, 2.45) is 0 Å². The minimum absolute atomic E-state index is 0.108. The van der Waals surface area contributed by atoms with Crippen LogP contribution >= 0.6 is 0 Å². The number of hydrogen-bond donors (Lipinski definition) is 0. The largest absolute Gasteiger partial charge is 0.461 e. The van der Waals surface area contributed by atoms with Crippen molar-refractivity contribution in [3.8, 4) is 6.07 Å². The van der Waals surface area contributed by atoms with Crippen molar-refractivity contribution in [3.63, 3.8) is 0 Å². The zero-order valence-electron chi connectivity index (χ0n) is 9.00. The molecule has 4 heteroatoms. The second kappa shape index (κ2) is 4.56. The molecule has 0 aliphatic heterocycles. The Hall–Kier alpha value is -1.89. The van der Waals surface area contributed by atoms with Gasteiger partial charge in [-0.3, -0.25) is 0 Å². The van der Waals surface area contributed by atoms with Crippen LogP contribution in [-0.4, -0.2) is 17.6 Å². The van der Waals surface area contributed by atoms with E-state index in [2.05, 4.69) is 4.98 Å². The normalized spacial score (nSPS) is 9.47. The summed E-state index contributed by atoms with van der Waals surface area (Å²) < 4.78 is 4.83. The van der Waals surface area contributed by atoms with E-state index in [-0.39, 0.29) is 12.3 Å². The molecule has 0 saturated heterocycles. The number of carbonyl (C=O) groups excluding carboxylic acids is 1. The topological polar surface area (TPSA) is 63.0 Å². The number of carbonyl (C=O) groups is 1. The van der Waals surface area contributed by atoms with E-state index in [0.29, 0.717) is 11.3 Å². The summed E-state index contributed by atoms with van der Waals surface area (Å²) in [6.45, 7) is 5.54. The van der Waals surface area contributed by atoms with Gasteiger partial charge in [-0.1, -0.05) is 0 Å². The summed E-state index contributed by atoms with van der Waals surface area (Å²) in [7, 11) is 0. The van der Waals surface area contributed by atoms with Gasteiger partial charge in [0.15, 0.2) is 5.69 Å². The van der Waals surface area contributed by atoms with Crippen LogP contribution in [0.3, 0.4) is 0 Å². The number of rotatable bonds is 2. The molecule has 0 N–H and O–H groups in total. The van der Waals surface area contributed by atoms with Crippen molar-refractivity contribution >= 4 is 5.97 Å².